The van der Waals surface area contributed by atoms with Crippen molar-refractivity contribution in [2.24, 2.45) is 11.7 Å². The Morgan fingerprint density at radius 1 is 1.24 bits per heavy atom. The first-order valence-electron chi connectivity index (χ1n) is 9.12. The standard InChI is InChI=1S/C17H27N5O2S/c1-11-5-8-21(9-6-11)16(24)12(2)25-17-20-19-15(13-3-4-13)22(17)10-7-14(18)23/h11-13H,3-10H2,1-2H3,(H2,18,23). The van der Waals surface area contributed by atoms with Crippen molar-refractivity contribution in [1.29, 1.82) is 0 Å². The van der Waals surface area contributed by atoms with Gasteiger partial charge in [0, 0.05) is 32.0 Å². The minimum Gasteiger partial charge on any atom is -0.370 e. The maximum absolute atomic E-state index is 12.7. The van der Waals surface area contributed by atoms with Crippen molar-refractivity contribution in [3.63, 3.8) is 0 Å². The minimum atomic E-state index is -0.335. The van der Waals surface area contributed by atoms with E-state index in [9.17, 15) is 9.59 Å². The van der Waals surface area contributed by atoms with Crippen LogP contribution in [-0.2, 0) is 16.1 Å². The van der Waals surface area contributed by atoms with Gasteiger partial charge in [-0.1, -0.05) is 18.7 Å². The van der Waals surface area contributed by atoms with Gasteiger partial charge in [-0.25, -0.2) is 0 Å². The monoisotopic (exact) mass is 365 g/mol. The Bertz CT molecular complexity index is 635. The van der Waals surface area contributed by atoms with Crippen molar-refractivity contribution in [2.75, 3.05) is 13.1 Å². The number of hydrogen-bond acceptors (Lipinski definition) is 5. The molecule has 0 bridgehead atoms. The van der Waals surface area contributed by atoms with Gasteiger partial charge in [-0.3, -0.25) is 9.59 Å². The topological polar surface area (TPSA) is 94.1 Å². The van der Waals surface area contributed by atoms with Crippen molar-refractivity contribution in [2.45, 2.75) is 68.8 Å². The second-order valence-electron chi connectivity index (χ2n) is 7.25. The molecular formula is C17H27N5O2S. The maximum atomic E-state index is 12.7. The number of primary amides is 1. The Morgan fingerprint density at radius 2 is 1.92 bits per heavy atom. The molecule has 1 aromatic rings. The van der Waals surface area contributed by atoms with Gasteiger partial charge in [0.25, 0.3) is 0 Å². The normalized spacial score (nSPS) is 19.8. The first-order valence-corrected chi connectivity index (χ1v) is 10.0. The average molecular weight is 366 g/mol. The van der Waals surface area contributed by atoms with E-state index in [1.807, 2.05) is 16.4 Å². The van der Waals surface area contributed by atoms with Gasteiger partial charge >= 0.3 is 0 Å². The molecule has 3 rings (SSSR count). The molecule has 0 aromatic carbocycles. The second-order valence-corrected chi connectivity index (χ2v) is 8.56. The van der Waals surface area contributed by atoms with Gasteiger partial charge in [-0.15, -0.1) is 10.2 Å². The lowest BCUT2D eigenvalue weighted by Gasteiger charge is -2.32. The Balaban J connectivity index is 1.66. The molecule has 1 saturated heterocycles. The number of likely N-dealkylation sites (tertiary alicyclic amines) is 1. The Morgan fingerprint density at radius 3 is 2.52 bits per heavy atom. The third-order valence-electron chi connectivity index (χ3n) is 5.00. The van der Waals surface area contributed by atoms with Crippen LogP contribution in [0, 0.1) is 5.92 Å². The van der Waals surface area contributed by atoms with E-state index in [1.165, 1.54) is 11.8 Å². The predicted octanol–water partition coefficient (Wildman–Crippen LogP) is 1.77. The summed E-state index contributed by atoms with van der Waals surface area (Å²) in [7, 11) is 0. The van der Waals surface area contributed by atoms with Crippen LogP contribution in [0.15, 0.2) is 5.16 Å². The Labute approximate surface area is 152 Å². The zero-order valence-corrected chi connectivity index (χ0v) is 15.8. The van der Waals surface area contributed by atoms with Crippen molar-refractivity contribution in [1.82, 2.24) is 19.7 Å². The minimum absolute atomic E-state index is 0.161. The van der Waals surface area contributed by atoms with E-state index in [4.69, 9.17) is 5.73 Å². The molecule has 2 heterocycles. The molecule has 2 aliphatic rings. The molecule has 1 aliphatic carbocycles. The van der Waals surface area contributed by atoms with Crippen LogP contribution < -0.4 is 5.73 Å². The molecule has 25 heavy (non-hydrogen) atoms. The summed E-state index contributed by atoms with van der Waals surface area (Å²) in [5.41, 5.74) is 5.30. The molecule has 138 valence electrons. The average Bonchev–Trinajstić information content (AvgIpc) is 3.35. The fourth-order valence-electron chi connectivity index (χ4n) is 3.16. The van der Waals surface area contributed by atoms with Crippen LogP contribution in [-0.4, -0.2) is 49.8 Å². The van der Waals surface area contributed by atoms with Crippen LogP contribution in [0.25, 0.3) is 0 Å². The molecule has 2 N–H and O–H groups in total. The molecule has 0 spiro atoms. The third-order valence-corrected chi connectivity index (χ3v) is 6.06. The molecular weight excluding hydrogens is 338 g/mol. The summed E-state index contributed by atoms with van der Waals surface area (Å²) in [5, 5.41) is 9.10. The molecule has 8 heteroatoms. The van der Waals surface area contributed by atoms with Crippen LogP contribution in [0.3, 0.4) is 0 Å². The molecule has 1 atom stereocenters. The van der Waals surface area contributed by atoms with E-state index >= 15 is 0 Å². The van der Waals surface area contributed by atoms with E-state index in [0.29, 0.717) is 18.4 Å². The number of rotatable bonds is 7. The molecule has 2 amide bonds. The zero-order chi connectivity index (χ0) is 18.0. The van der Waals surface area contributed by atoms with Crippen molar-refractivity contribution >= 4 is 23.6 Å². The highest BCUT2D eigenvalue weighted by atomic mass is 32.2. The number of hydrogen-bond donors (Lipinski definition) is 1. The number of amides is 2. The number of piperidine rings is 1. The van der Waals surface area contributed by atoms with Crippen LogP contribution in [0.1, 0.15) is 57.7 Å². The van der Waals surface area contributed by atoms with Gasteiger partial charge in [-0.05, 0) is 38.5 Å². The number of thioether (sulfide) groups is 1. The molecule has 2 fully saturated rings. The van der Waals surface area contributed by atoms with Crippen LogP contribution in [0.2, 0.25) is 0 Å². The van der Waals surface area contributed by atoms with Gasteiger partial charge in [0.05, 0.1) is 5.25 Å². The highest BCUT2D eigenvalue weighted by Gasteiger charge is 2.32. The largest absolute Gasteiger partial charge is 0.370 e. The van der Waals surface area contributed by atoms with Crippen LogP contribution >= 0.6 is 11.8 Å². The fourth-order valence-corrected chi connectivity index (χ4v) is 4.12. The third kappa shape index (κ3) is 4.54. The number of carbonyl (C=O) groups excluding carboxylic acids is 2. The second kappa shape index (κ2) is 7.76. The Hall–Kier alpha value is -1.57. The SMILES string of the molecule is CC1CCN(C(=O)C(C)Sc2nnc(C3CC3)n2CCC(N)=O)CC1. The Kier molecular flexibility index (Phi) is 5.66. The van der Waals surface area contributed by atoms with E-state index in [-0.39, 0.29) is 23.5 Å². The number of carbonyl (C=O) groups is 2. The summed E-state index contributed by atoms with van der Waals surface area (Å²) >= 11 is 1.44. The van der Waals surface area contributed by atoms with Crippen LogP contribution in [0.5, 0.6) is 0 Å². The summed E-state index contributed by atoms with van der Waals surface area (Å²) in [6.45, 7) is 6.33. The highest BCUT2D eigenvalue weighted by molar-refractivity contribution is 8.00. The van der Waals surface area contributed by atoms with Gasteiger partial charge in [0.2, 0.25) is 11.8 Å². The summed E-state index contributed by atoms with van der Waals surface area (Å²) in [4.78, 5) is 25.8. The van der Waals surface area contributed by atoms with Gasteiger partial charge in [0.1, 0.15) is 5.82 Å². The maximum Gasteiger partial charge on any atom is 0.235 e. The molecule has 1 saturated carbocycles. The van der Waals surface area contributed by atoms with E-state index in [2.05, 4.69) is 17.1 Å². The lowest BCUT2D eigenvalue weighted by Crippen LogP contribution is -2.41. The molecule has 1 unspecified atom stereocenters. The molecule has 7 nitrogen and oxygen atoms in total. The number of nitrogens with zero attached hydrogens (tertiary/aromatic N) is 4. The first kappa shape index (κ1) is 18.2. The summed E-state index contributed by atoms with van der Waals surface area (Å²) < 4.78 is 1.98. The number of aromatic nitrogens is 3. The quantitative estimate of drug-likeness (QED) is 0.743. The smallest absolute Gasteiger partial charge is 0.235 e. The van der Waals surface area contributed by atoms with E-state index in [0.717, 1.165) is 49.8 Å². The van der Waals surface area contributed by atoms with Crippen LogP contribution in [0.4, 0.5) is 0 Å². The summed E-state index contributed by atoms with van der Waals surface area (Å²) in [5.74, 6) is 1.89. The predicted molar refractivity (Wildman–Crippen MR) is 96.1 cm³/mol. The zero-order valence-electron chi connectivity index (χ0n) is 15.0. The lowest BCUT2D eigenvalue weighted by molar-refractivity contribution is -0.131. The molecule has 1 aromatic heterocycles. The van der Waals surface area contributed by atoms with Gasteiger partial charge < -0.3 is 15.2 Å². The van der Waals surface area contributed by atoms with Crippen molar-refractivity contribution in [3.8, 4) is 0 Å². The molecule has 0 radical (unpaired) electrons. The van der Waals surface area contributed by atoms with Gasteiger partial charge in [0.15, 0.2) is 5.16 Å². The fraction of sp³-hybridized carbons (Fsp3) is 0.765. The van der Waals surface area contributed by atoms with E-state index in [1.54, 1.807) is 0 Å². The van der Waals surface area contributed by atoms with Crippen molar-refractivity contribution in [3.05, 3.63) is 5.82 Å². The van der Waals surface area contributed by atoms with Gasteiger partial charge in [-0.2, -0.15) is 0 Å². The number of nitrogens with two attached hydrogens (primary N) is 1. The van der Waals surface area contributed by atoms with Crippen molar-refractivity contribution < 1.29 is 9.59 Å². The highest BCUT2D eigenvalue weighted by Crippen LogP contribution is 2.40. The van der Waals surface area contributed by atoms with E-state index < -0.39 is 0 Å². The molecule has 1 aliphatic heterocycles. The first-order chi connectivity index (χ1) is 12.0. The summed E-state index contributed by atoms with van der Waals surface area (Å²) in [6.07, 6.45) is 4.63. The lowest BCUT2D eigenvalue weighted by atomic mass is 9.99. The summed E-state index contributed by atoms with van der Waals surface area (Å²) in [6, 6.07) is 0.